The van der Waals surface area contributed by atoms with E-state index in [-0.39, 0.29) is 5.91 Å². The molecule has 2 aromatic rings. The number of nitrogens with zero attached hydrogens (tertiary/aromatic N) is 1. The van der Waals surface area contributed by atoms with Crippen molar-refractivity contribution in [2.24, 2.45) is 0 Å². The van der Waals surface area contributed by atoms with Crippen LogP contribution in [0.1, 0.15) is 41.6 Å². The molecule has 5 nitrogen and oxygen atoms in total. The fraction of sp³-hybridized carbons (Fsp3) is 0.375. The quantitative estimate of drug-likeness (QED) is 0.850. The van der Waals surface area contributed by atoms with Crippen molar-refractivity contribution in [3.8, 4) is 5.75 Å². The highest BCUT2D eigenvalue weighted by atomic mass is 16.5. The summed E-state index contributed by atoms with van der Waals surface area (Å²) >= 11 is 0. The predicted octanol–water partition coefficient (Wildman–Crippen LogP) is 2.96. The zero-order valence-electron chi connectivity index (χ0n) is 12.4. The molecule has 1 aromatic carbocycles. The van der Waals surface area contributed by atoms with Crippen LogP contribution in [0.15, 0.2) is 34.9 Å². The molecule has 0 fully saturated rings. The SMILES string of the molecule is CCCCc1cc(CNC(=O)c2ccc(OC)cc2)on1. The Hall–Kier alpha value is -2.30. The molecule has 0 spiro atoms. The van der Waals surface area contributed by atoms with Crippen LogP contribution in [0.5, 0.6) is 5.75 Å². The Morgan fingerprint density at radius 2 is 2.10 bits per heavy atom. The molecule has 0 aliphatic carbocycles. The Bertz CT molecular complexity index is 575. The maximum atomic E-state index is 12.0. The molecule has 0 saturated carbocycles. The van der Waals surface area contributed by atoms with Gasteiger partial charge in [0.2, 0.25) is 0 Å². The lowest BCUT2D eigenvalue weighted by molar-refractivity contribution is 0.0947. The summed E-state index contributed by atoms with van der Waals surface area (Å²) in [7, 11) is 1.59. The molecule has 1 aromatic heterocycles. The number of hydrogen-bond donors (Lipinski definition) is 1. The summed E-state index contributed by atoms with van der Waals surface area (Å²) in [6.45, 7) is 2.47. The van der Waals surface area contributed by atoms with E-state index < -0.39 is 0 Å². The molecule has 0 aliphatic rings. The number of carbonyl (C=O) groups is 1. The van der Waals surface area contributed by atoms with Gasteiger partial charge in [0.15, 0.2) is 5.76 Å². The molecule has 5 heteroatoms. The molecule has 0 saturated heterocycles. The van der Waals surface area contributed by atoms with E-state index >= 15 is 0 Å². The molecule has 0 atom stereocenters. The lowest BCUT2D eigenvalue weighted by Gasteiger charge is -2.04. The van der Waals surface area contributed by atoms with Gasteiger partial charge in [0.25, 0.3) is 5.91 Å². The number of amides is 1. The first-order chi connectivity index (χ1) is 10.2. The highest BCUT2D eigenvalue weighted by Gasteiger charge is 2.08. The van der Waals surface area contributed by atoms with Crippen LogP contribution in [0.2, 0.25) is 0 Å². The van der Waals surface area contributed by atoms with Gasteiger partial charge < -0.3 is 14.6 Å². The second-order valence-electron chi connectivity index (χ2n) is 4.80. The molecule has 1 heterocycles. The number of hydrogen-bond acceptors (Lipinski definition) is 4. The highest BCUT2D eigenvalue weighted by Crippen LogP contribution is 2.12. The van der Waals surface area contributed by atoms with Crippen molar-refractivity contribution in [2.75, 3.05) is 7.11 Å². The minimum atomic E-state index is -0.149. The summed E-state index contributed by atoms with van der Waals surface area (Å²) in [5.74, 6) is 1.24. The molecule has 1 amide bonds. The summed E-state index contributed by atoms with van der Waals surface area (Å²) < 4.78 is 10.3. The average Bonchev–Trinajstić information content (AvgIpc) is 2.98. The van der Waals surface area contributed by atoms with Crippen LogP contribution in [-0.2, 0) is 13.0 Å². The van der Waals surface area contributed by atoms with Crippen LogP contribution < -0.4 is 10.1 Å². The molecular weight excluding hydrogens is 268 g/mol. The lowest BCUT2D eigenvalue weighted by Crippen LogP contribution is -2.22. The molecule has 0 radical (unpaired) electrons. The van der Waals surface area contributed by atoms with Crippen molar-refractivity contribution >= 4 is 5.91 Å². The number of methoxy groups -OCH3 is 1. The Morgan fingerprint density at radius 3 is 2.76 bits per heavy atom. The van der Waals surface area contributed by atoms with E-state index in [1.165, 1.54) is 0 Å². The first-order valence-electron chi connectivity index (χ1n) is 7.09. The third-order valence-corrected chi connectivity index (χ3v) is 3.17. The number of rotatable bonds is 7. The van der Waals surface area contributed by atoms with Gasteiger partial charge in [0.1, 0.15) is 5.75 Å². The van der Waals surface area contributed by atoms with Crippen molar-refractivity contribution in [3.63, 3.8) is 0 Å². The van der Waals surface area contributed by atoms with Gasteiger partial charge in [-0.2, -0.15) is 0 Å². The van der Waals surface area contributed by atoms with Gasteiger partial charge in [-0.1, -0.05) is 18.5 Å². The van der Waals surface area contributed by atoms with Crippen LogP contribution in [-0.4, -0.2) is 18.2 Å². The monoisotopic (exact) mass is 288 g/mol. The number of aromatic nitrogens is 1. The van der Waals surface area contributed by atoms with Crippen molar-refractivity contribution < 1.29 is 14.1 Å². The van der Waals surface area contributed by atoms with E-state index in [0.29, 0.717) is 17.9 Å². The molecule has 2 rings (SSSR count). The lowest BCUT2D eigenvalue weighted by atomic mass is 10.2. The first-order valence-corrected chi connectivity index (χ1v) is 7.09. The van der Waals surface area contributed by atoms with E-state index in [9.17, 15) is 4.79 Å². The Kier molecular flexibility index (Phi) is 5.37. The highest BCUT2D eigenvalue weighted by molar-refractivity contribution is 5.94. The van der Waals surface area contributed by atoms with Crippen molar-refractivity contribution in [3.05, 3.63) is 47.3 Å². The van der Waals surface area contributed by atoms with Gasteiger partial charge in [0, 0.05) is 11.6 Å². The fourth-order valence-electron chi connectivity index (χ4n) is 1.93. The minimum Gasteiger partial charge on any atom is -0.497 e. The summed E-state index contributed by atoms with van der Waals surface area (Å²) in [4.78, 5) is 12.0. The van der Waals surface area contributed by atoms with Crippen LogP contribution in [0.25, 0.3) is 0 Å². The molecule has 0 aliphatic heterocycles. The summed E-state index contributed by atoms with van der Waals surface area (Å²) in [6.07, 6.45) is 3.12. The fourth-order valence-corrected chi connectivity index (χ4v) is 1.93. The standard InChI is InChI=1S/C16H20N2O3/c1-3-4-5-13-10-15(21-18-13)11-17-16(19)12-6-8-14(20-2)9-7-12/h6-10H,3-5,11H2,1-2H3,(H,17,19). The van der Waals surface area contributed by atoms with Gasteiger partial charge >= 0.3 is 0 Å². The summed E-state index contributed by atoms with van der Waals surface area (Å²) in [5, 5.41) is 6.79. The van der Waals surface area contributed by atoms with E-state index in [4.69, 9.17) is 9.26 Å². The molecular formula is C16H20N2O3. The van der Waals surface area contributed by atoms with E-state index in [1.807, 2.05) is 6.07 Å². The van der Waals surface area contributed by atoms with Crippen molar-refractivity contribution in [1.29, 1.82) is 0 Å². The van der Waals surface area contributed by atoms with Crippen molar-refractivity contribution in [1.82, 2.24) is 10.5 Å². The zero-order chi connectivity index (χ0) is 15.1. The number of nitrogens with one attached hydrogen (secondary N) is 1. The predicted molar refractivity (Wildman–Crippen MR) is 79.3 cm³/mol. The molecule has 0 unspecified atom stereocenters. The van der Waals surface area contributed by atoms with E-state index in [1.54, 1.807) is 31.4 Å². The van der Waals surface area contributed by atoms with Gasteiger partial charge in [-0.05, 0) is 37.1 Å². The maximum Gasteiger partial charge on any atom is 0.251 e. The average molecular weight is 288 g/mol. The number of benzene rings is 1. The Morgan fingerprint density at radius 1 is 1.33 bits per heavy atom. The second kappa shape index (κ2) is 7.47. The molecule has 0 bridgehead atoms. The number of aryl methyl sites for hydroxylation is 1. The van der Waals surface area contributed by atoms with Crippen LogP contribution in [0.3, 0.4) is 0 Å². The number of ether oxygens (including phenoxy) is 1. The van der Waals surface area contributed by atoms with Gasteiger partial charge in [-0.3, -0.25) is 4.79 Å². The van der Waals surface area contributed by atoms with Crippen molar-refractivity contribution in [2.45, 2.75) is 32.7 Å². The minimum absolute atomic E-state index is 0.149. The topological polar surface area (TPSA) is 64.4 Å². The first kappa shape index (κ1) is 15.1. The summed E-state index contributed by atoms with van der Waals surface area (Å²) in [5.41, 5.74) is 1.52. The largest absolute Gasteiger partial charge is 0.497 e. The Labute approximate surface area is 124 Å². The van der Waals surface area contributed by atoms with Crippen LogP contribution in [0, 0.1) is 0 Å². The molecule has 1 N–H and O–H groups in total. The second-order valence-corrected chi connectivity index (χ2v) is 4.80. The number of unbranched alkanes of at least 4 members (excludes halogenated alkanes) is 1. The smallest absolute Gasteiger partial charge is 0.251 e. The van der Waals surface area contributed by atoms with Gasteiger partial charge in [-0.25, -0.2) is 0 Å². The zero-order valence-corrected chi connectivity index (χ0v) is 12.4. The van der Waals surface area contributed by atoms with E-state index in [2.05, 4.69) is 17.4 Å². The summed E-state index contributed by atoms with van der Waals surface area (Å²) in [6, 6.07) is 8.85. The maximum absolute atomic E-state index is 12.0. The van der Waals surface area contributed by atoms with E-state index in [0.717, 1.165) is 30.7 Å². The Balaban J connectivity index is 1.86. The third-order valence-electron chi connectivity index (χ3n) is 3.17. The van der Waals surface area contributed by atoms with Gasteiger partial charge in [-0.15, -0.1) is 0 Å². The number of carbonyl (C=O) groups excluding carboxylic acids is 1. The van der Waals surface area contributed by atoms with Crippen LogP contribution >= 0.6 is 0 Å². The van der Waals surface area contributed by atoms with Gasteiger partial charge in [0.05, 0.1) is 19.3 Å². The third kappa shape index (κ3) is 4.34. The molecule has 112 valence electrons. The molecule has 21 heavy (non-hydrogen) atoms. The van der Waals surface area contributed by atoms with Crippen LogP contribution in [0.4, 0.5) is 0 Å². The normalized spacial score (nSPS) is 10.4.